The van der Waals surface area contributed by atoms with Crippen LogP contribution in [0.15, 0.2) is 53.7 Å². The highest BCUT2D eigenvalue weighted by Crippen LogP contribution is 2.18. The third-order valence-electron chi connectivity index (χ3n) is 6.03. The van der Waals surface area contributed by atoms with E-state index < -0.39 is 17.9 Å². The van der Waals surface area contributed by atoms with Crippen LogP contribution in [0.4, 0.5) is 0 Å². The van der Waals surface area contributed by atoms with Gasteiger partial charge in [-0.3, -0.25) is 9.59 Å². The minimum atomic E-state index is -0.849. The minimum absolute atomic E-state index is 0.0815. The number of likely N-dealkylation sites (tertiary alicyclic amines) is 1. The lowest BCUT2D eigenvalue weighted by Crippen LogP contribution is -2.52. The van der Waals surface area contributed by atoms with Crippen LogP contribution in [-0.2, 0) is 25.5 Å². The molecule has 0 unspecified atom stereocenters. The molecule has 1 saturated heterocycles. The fraction of sp³-hybridized carbons (Fsp3) is 0.385. The summed E-state index contributed by atoms with van der Waals surface area (Å²) < 4.78 is 10.5. The number of carbonyl (C=O) groups is 3. The predicted octanol–water partition coefficient (Wildman–Crippen LogP) is 1.40. The molecule has 1 aliphatic rings. The number of phenols is 1. The Bertz CT molecular complexity index is 1090. The Hall–Kier alpha value is -4.12. The van der Waals surface area contributed by atoms with Gasteiger partial charge in [-0.1, -0.05) is 29.4 Å². The number of nitrogens with one attached hydrogen (secondary N) is 1. The van der Waals surface area contributed by atoms with Gasteiger partial charge in [-0.25, -0.2) is 4.79 Å². The fourth-order valence-corrected chi connectivity index (χ4v) is 4.01. The SMILES string of the molecule is CCOC(=O)COC1CCN(C(=O)[C@H](Cc2ccc(O)cc2)NC(=O)c2ccc(/C(N)=N/O)cc2)CC1. The third-order valence-corrected chi connectivity index (χ3v) is 6.03. The maximum Gasteiger partial charge on any atom is 0.332 e. The van der Waals surface area contributed by atoms with E-state index in [9.17, 15) is 19.5 Å². The lowest BCUT2D eigenvalue weighted by atomic mass is 10.0. The topological polar surface area (TPSA) is 164 Å². The average Bonchev–Trinajstić information content (AvgIpc) is 2.92. The molecule has 2 aromatic rings. The average molecular weight is 513 g/mol. The standard InChI is InChI=1S/C26H32N4O7/c1-2-36-23(32)16-37-21-11-13-30(14-12-21)26(34)22(15-17-3-9-20(31)10-4-17)28-25(33)19-7-5-18(6-8-19)24(27)29-35/h3-10,21-22,31,35H,2,11-16H2,1H3,(H2,27,29)(H,28,33)/t22-/m0/s1. The smallest absolute Gasteiger partial charge is 0.332 e. The summed E-state index contributed by atoms with van der Waals surface area (Å²) >= 11 is 0. The summed E-state index contributed by atoms with van der Waals surface area (Å²) in [5, 5.41) is 24.2. The first-order chi connectivity index (χ1) is 17.8. The highest BCUT2D eigenvalue weighted by atomic mass is 16.6. The second-order valence-corrected chi connectivity index (χ2v) is 8.60. The number of hydrogen-bond donors (Lipinski definition) is 4. The lowest BCUT2D eigenvalue weighted by Gasteiger charge is -2.34. The Morgan fingerprint density at radius 1 is 1.08 bits per heavy atom. The molecule has 1 heterocycles. The van der Waals surface area contributed by atoms with Crippen LogP contribution in [0.3, 0.4) is 0 Å². The number of oxime groups is 1. The number of piperidine rings is 1. The number of amides is 2. The van der Waals surface area contributed by atoms with E-state index in [4.69, 9.17) is 20.4 Å². The summed E-state index contributed by atoms with van der Waals surface area (Å²) in [7, 11) is 0. The van der Waals surface area contributed by atoms with E-state index in [1.807, 2.05) is 0 Å². The Morgan fingerprint density at radius 3 is 2.30 bits per heavy atom. The highest BCUT2D eigenvalue weighted by Gasteiger charge is 2.30. The fourth-order valence-electron chi connectivity index (χ4n) is 4.01. The van der Waals surface area contributed by atoms with Gasteiger partial charge in [0.2, 0.25) is 5.91 Å². The van der Waals surface area contributed by atoms with Crippen LogP contribution in [-0.4, -0.2) is 77.3 Å². The van der Waals surface area contributed by atoms with E-state index in [1.165, 1.54) is 24.3 Å². The summed E-state index contributed by atoms with van der Waals surface area (Å²) in [6.07, 6.45) is 1.18. The minimum Gasteiger partial charge on any atom is -0.508 e. The molecule has 1 aliphatic heterocycles. The maximum atomic E-state index is 13.5. The Kier molecular flexibility index (Phi) is 9.84. The molecule has 198 valence electrons. The van der Waals surface area contributed by atoms with Crippen LogP contribution in [0.25, 0.3) is 0 Å². The molecule has 1 fully saturated rings. The molecular formula is C26H32N4O7. The summed E-state index contributed by atoms with van der Waals surface area (Å²) in [4.78, 5) is 39.7. The molecular weight excluding hydrogens is 480 g/mol. The number of carbonyl (C=O) groups excluding carboxylic acids is 3. The molecule has 0 saturated carbocycles. The number of nitrogens with zero attached hydrogens (tertiary/aromatic N) is 2. The van der Waals surface area contributed by atoms with Crippen molar-refractivity contribution in [3.8, 4) is 5.75 Å². The largest absolute Gasteiger partial charge is 0.508 e. The van der Waals surface area contributed by atoms with Crippen molar-refractivity contribution in [1.82, 2.24) is 10.2 Å². The third kappa shape index (κ3) is 7.94. The second kappa shape index (κ2) is 13.3. The van der Waals surface area contributed by atoms with Crippen molar-refractivity contribution in [3.63, 3.8) is 0 Å². The van der Waals surface area contributed by atoms with Crippen molar-refractivity contribution in [1.29, 1.82) is 0 Å². The molecule has 11 heteroatoms. The number of nitrogens with two attached hydrogens (primary N) is 1. The summed E-state index contributed by atoms with van der Waals surface area (Å²) in [5.41, 5.74) is 7.10. The molecule has 37 heavy (non-hydrogen) atoms. The van der Waals surface area contributed by atoms with Crippen LogP contribution in [0.5, 0.6) is 5.75 Å². The normalized spacial score (nSPS) is 15.2. The van der Waals surface area contributed by atoms with Gasteiger partial charge in [-0.05, 0) is 49.6 Å². The predicted molar refractivity (Wildman–Crippen MR) is 134 cm³/mol. The molecule has 2 amide bonds. The Labute approximate surface area is 214 Å². The Balaban J connectivity index is 1.67. The first-order valence-corrected chi connectivity index (χ1v) is 12.0. The summed E-state index contributed by atoms with van der Waals surface area (Å²) in [6.45, 7) is 2.73. The molecule has 0 bridgehead atoms. The molecule has 0 aliphatic carbocycles. The van der Waals surface area contributed by atoms with Crippen LogP contribution in [0.2, 0.25) is 0 Å². The van der Waals surface area contributed by atoms with Gasteiger partial charge in [0.05, 0.1) is 12.7 Å². The number of amidine groups is 1. The number of esters is 1. The van der Waals surface area contributed by atoms with Gasteiger partial charge < -0.3 is 35.7 Å². The lowest BCUT2D eigenvalue weighted by molar-refractivity contribution is -0.152. The second-order valence-electron chi connectivity index (χ2n) is 8.60. The van der Waals surface area contributed by atoms with Crippen molar-refractivity contribution in [2.45, 2.75) is 38.3 Å². The molecule has 11 nitrogen and oxygen atoms in total. The van der Waals surface area contributed by atoms with Gasteiger partial charge in [0, 0.05) is 30.6 Å². The van der Waals surface area contributed by atoms with E-state index in [0.29, 0.717) is 43.7 Å². The number of aromatic hydroxyl groups is 1. The molecule has 2 aromatic carbocycles. The number of hydrogen-bond acceptors (Lipinski definition) is 8. The van der Waals surface area contributed by atoms with Crippen molar-refractivity contribution < 1.29 is 34.2 Å². The van der Waals surface area contributed by atoms with Gasteiger partial charge in [0.1, 0.15) is 18.4 Å². The van der Waals surface area contributed by atoms with Gasteiger partial charge in [-0.15, -0.1) is 0 Å². The van der Waals surface area contributed by atoms with Crippen molar-refractivity contribution in [3.05, 3.63) is 65.2 Å². The van der Waals surface area contributed by atoms with Crippen LogP contribution in [0, 0.1) is 0 Å². The quantitative estimate of drug-likeness (QED) is 0.122. The van der Waals surface area contributed by atoms with Gasteiger partial charge in [0.25, 0.3) is 5.91 Å². The molecule has 1 atom stereocenters. The molecule has 3 rings (SSSR count). The first-order valence-electron chi connectivity index (χ1n) is 12.0. The van der Waals surface area contributed by atoms with Crippen LogP contribution >= 0.6 is 0 Å². The molecule has 0 radical (unpaired) electrons. The maximum absolute atomic E-state index is 13.5. The molecule has 0 aromatic heterocycles. The number of rotatable bonds is 10. The summed E-state index contributed by atoms with van der Waals surface area (Å²) in [5.74, 6) is -1.08. The van der Waals surface area contributed by atoms with E-state index in [0.717, 1.165) is 5.56 Å². The molecule has 5 N–H and O–H groups in total. The zero-order chi connectivity index (χ0) is 26.8. The van der Waals surface area contributed by atoms with Crippen LogP contribution in [0.1, 0.15) is 41.3 Å². The highest BCUT2D eigenvalue weighted by molar-refractivity contribution is 6.00. The monoisotopic (exact) mass is 512 g/mol. The number of benzene rings is 2. The van der Waals surface area contributed by atoms with Crippen LogP contribution < -0.4 is 11.1 Å². The van der Waals surface area contributed by atoms with E-state index in [1.54, 1.807) is 36.1 Å². The van der Waals surface area contributed by atoms with Crippen molar-refractivity contribution in [2.75, 3.05) is 26.3 Å². The van der Waals surface area contributed by atoms with Crippen molar-refractivity contribution in [2.24, 2.45) is 10.9 Å². The zero-order valence-electron chi connectivity index (χ0n) is 20.6. The zero-order valence-corrected chi connectivity index (χ0v) is 20.6. The van der Waals surface area contributed by atoms with Gasteiger partial charge in [0.15, 0.2) is 5.84 Å². The number of phenolic OH excluding ortho intramolecular Hbond substituents is 1. The first kappa shape index (κ1) is 27.5. The van der Waals surface area contributed by atoms with E-state index >= 15 is 0 Å². The van der Waals surface area contributed by atoms with Gasteiger partial charge in [-0.2, -0.15) is 0 Å². The van der Waals surface area contributed by atoms with Gasteiger partial charge >= 0.3 is 5.97 Å². The summed E-state index contributed by atoms with van der Waals surface area (Å²) in [6, 6.07) is 11.7. The Morgan fingerprint density at radius 2 is 1.70 bits per heavy atom. The number of ether oxygens (including phenoxy) is 2. The molecule has 0 spiro atoms. The van der Waals surface area contributed by atoms with Crippen molar-refractivity contribution >= 4 is 23.6 Å². The van der Waals surface area contributed by atoms with E-state index in [-0.39, 0.29) is 36.6 Å². The van der Waals surface area contributed by atoms with E-state index in [2.05, 4.69) is 10.5 Å².